The molecule has 2 aromatic carbocycles. The average molecular weight is 360 g/mol. The summed E-state index contributed by atoms with van der Waals surface area (Å²) in [6.07, 6.45) is 2.84. The third-order valence-corrected chi connectivity index (χ3v) is 3.71. The maximum absolute atomic E-state index is 11.8. The predicted molar refractivity (Wildman–Crippen MR) is 97.8 cm³/mol. The molecular formula is C19H18ClNO4. The average Bonchev–Trinajstić information content (AvgIpc) is 2.61. The molecule has 0 bridgehead atoms. The number of esters is 1. The number of nitrogens with one attached hydrogen (secondary N) is 1. The summed E-state index contributed by atoms with van der Waals surface area (Å²) in [5.74, 6) is -0.366. The molecule has 0 unspecified atom stereocenters. The molecule has 0 aliphatic heterocycles. The number of carbonyl (C=O) groups is 2. The molecule has 25 heavy (non-hydrogen) atoms. The smallest absolute Gasteiger partial charge is 0.331 e. The van der Waals surface area contributed by atoms with Crippen molar-refractivity contribution in [2.45, 2.75) is 6.92 Å². The van der Waals surface area contributed by atoms with Crippen molar-refractivity contribution in [2.75, 3.05) is 19.0 Å². The highest BCUT2D eigenvalue weighted by Crippen LogP contribution is 2.19. The van der Waals surface area contributed by atoms with Gasteiger partial charge in [0.25, 0.3) is 5.91 Å². The fourth-order valence-corrected chi connectivity index (χ4v) is 2.14. The number of rotatable bonds is 6. The largest absolute Gasteiger partial charge is 0.497 e. The Hall–Kier alpha value is -2.79. The third-order valence-electron chi connectivity index (χ3n) is 3.31. The number of methoxy groups -OCH3 is 1. The van der Waals surface area contributed by atoms with Crippen LogP contribution in [0.4, 0.5) is 5.69 Å². The fourth-order valence-electron chi connectivity index (χ4n) is 1.96. The summed E-state index contributed by atoms with van der Waals surface area (Å²) >= 11 is 5.99. The Kier molecular flexibility index (Phi) is 6.60. The fraction of sp³-hybridized carbons (Fsp3) is 0.158. The van der Waals surface area contributed by atoms with E-state index >= 15 is 0 Å². The van der Waals surface area contributed by atoms with Crippen LogP contribution < -0.4 is 10.1 Å². The molecule has 1 amide bonds. The second-order valence-corrected chi connectivity index (χ2v) is 5.64. The zero-order valence-electron chi connectivity index (χ0n) is 13.9. The summed E-state index contributed by atoms with van der Waals surface area (Å²) in [5, 5.41) is 3.16. The Morgan fingerprint density at radius 2 is 2.00 bits per heavy atom. The van der Waals surface area contributed by atoms with E-state index in [-0.39, 0.29) is 6.61 Å². The lowest BCUT2D eigenvalue weighted by Crippen LogP contribution is -2.20. The minimum absolute atomic E-state index is 0.382. The molecule has 5 nitrogen and oxygen atoms in total. The predicted octanol–water partition coefficient (Wildman–Crippen LogP) is 3.85. The van der Waals surface area contributed by atoms with Crippen LogP contribution in [-0.2, 0) is 14.3 Å². The summed E-state index contributed by atoms with van der Waals surface area (Å²) in [7, 11) is 1.57. The number of anilines is 1. The maximum Gasteiger partial charge on any atom is 0.331 e. The Morgan fingerprint density at radius 3 is 2.72 bits per heavy atom. The minimum atomic E-state index is -0.611. The van der Waals surface area contributed by atoms with E-state index in [0.717, 1.165) is 11.1 Å². The molecule has 130 valence electrons. The van der Waals surface area contributed by atoms with Crippen LogP contribution in [0, 0.1) is 6.92 Å². The summed E-state index contributed by atoms with van der Waals surface area (Å²) in [5.41, 5.74) is 2.24. The molecule has 0 spiro atoms. The van der Waals surface area contributed by atoms with Gasteiger partial charge < -0.3 is 14.8 Å². The summed E-state index contributed by atoms with van der Waals surface area (Å²) in [6, 6.07) is 12.4. The Labute approximate surface area is 151 Å². The van der Waals surface area contributed by atoms with Crippen LogP contribution >= 0.6 is 11.6 Å². The second kappa shape index (κ2) is 8.89. The Bertz CT molecular complexity index is 802. The van der Waals surface area contributed by atoms with Gasteiger partial charge in [-0.3, -0.25) is 4.79 Å². The highest BCUT2D eigenvalue weighted by atomic mass is 35.5. The standard InChI is InChI=1S/C19H18ClNO4/c1-13-6-8-15(11-17(13)20)21-18(22)12-25-19(23)9-7-14-4-3-5-16(10-14)24-2/h3-11H,12H2,1-2H3,(H,21,22)/b9-7+. The zero-order valence-corrected chi connectivity index (χ0v) is 14.7. The molecular weight excluding hydrogens is 342 g/mol. The van der Waals surface area contributed by atoms with E-state index in [1.54, 1.807) is 43.5 Å². The maximum atomic E-state index is 11.8. The lowest BCUT2D eigenvalue weighted by atomic mass is 10.2. The number of ether oxygens (including phenoxy) is 2. The van der Waals surface area contributed by atoms with Crippen LogP contribution in [0.25, 0.3) is 6.08 Å². The Balaban J connectivity index is 1.83. The van der Waals surface area contributed by atoms with Gasteiger partial charge in [-0.25, -0.2) is 4.79 Å². The lowest BCUT2D eigenvalue weighted by Gasteiger charge is -2.07. The van der Waals surface area contributed by atoms with Crippen LogP contribution in [-0.4, -0.2) is 25.6 Å². The molecule has 0 aliphatic rings. The first-order valence-electron chi connectivity index (χ1n) is 7.53. The molecule has 6 heteroatoms. The first-order valence-corrected chi connectivity index (χ1v) is 7.90. The number of aryl methyl sites for hydroxylation is 1. The zero-order chi connectivity index (χ0) is 18.2. The van der Waals surface area contributed by atoms with Gasteiger partial charge in [0.15, 0.2) is 6.61 Å². The lowest BCUT2D eigenvalue weighted by molar-refractivity contribution is -0.142. The first-order chi connectivity index (χ1) is 12.0. The van der Waals surface area contributed by atoms with Gasteiger partial charge in [-0.1, -0.05) is 29.8 Å². The summed E-state index contributed by atoms with van der Waals surface area (Å²) in [6.45, 7) is 1.48. The molecule has 0 heterocycles. The molecule has 1 N–H and O–H groups in total. The van der Waals surface area contributed by atoms with E-state index in [1.165, 1.54) is 6.08 Å². The number of hydrogen-bond acceptors (Lipinski definition) is 4. The summed E-state index contributed by atoms with van der Waals surface area (Å²) < 4.78 is 10.0. The van der Waals surface area contributed by atoms with Crippen molar-refractivity contribution in [2.24, 2.45) is 0 Å². The van der Waals surface area contributed by atoms with Crippen molar-refractivity contribution in [3.05, 3.63) is 64.7 Å². The van der Waals surface area contributed by atoms with Crippen molar-refractivity contribution in [3.8, 4) is 5.75 Å². The van der Waals surface area contributed by atoms with Crippen molar-refractivity contribution in [3.63, 3.8) is 0 Å². The van der Waals surface area contributed by atoms with Gasteiger partial charge in [-0.05, 0) is 48.4 Å². The number of benzene rings is 2. The van der Waals surface area contributed by atoms with E-state index in [9.17, 15) is 9.59 Å². The number of halogens is 1. The van der Waals surface area contributed by atoms with Crippen LogP contribution in [0.3, 0.4) is 0 Å². The van der Waals surface area contributed by atoms with Gasteiger partial charge in [0.1, 0.15) is 5.75 Å². The van der Waals surface area contributed by atoms with Gasteiger partial charge >= 0.3 is 5.97 Å². The van der Waals surface area contributed by atoms with Crippen LogP contribution in [0.5, 0.6) is 5.75 Å². The van der Waals surface area contributed by atoms with E-state index in [0.29, 0.717) is 16.5 Å². The number of amides is 1. The number of hydrogen-bond donors (Lipinski definition) is 1. The summed E-state index contributed by atoms with van der Waals surface area (Å²) in [4.78, 5) is 23.5. The van der Waals surface area contributed by atoms with Crippen molar-refractivity contribution < 1.29 is 19.1 Å². The van der Waals surface area contributed by atoms with Crippen molar-refractivity contribution >= 4 is 35.2 Å². The molecule has 0 radical (unpaired) electrons. The van der Waals surface area contributed by atoms with Crippen LogP contribution in [0.15, 0.2) is 48.5 Å². The SMILES string of the molecule is COc1cccc(/C=C/C(=O)OCC(=O)Nc2ccc(C)c(Cl)c2)c1. The van der Waals surface area contributed by atoms with E-state index in [2.05, 4.69) is 5.32 Å². The molecule has 0 saturated heterocycles. The highest BCUT2D eigenvalue weighted by molar-refractivity contribution is 6.31. The molecule has 2 aromatic rings. The molecule has 0 atom stereocenters. The van der Waals surface area contributed by atoms with Crippen LogP contribution in [0.1, 0.15) is 11.1 Å². The topological polar surface area (TPSA) is 64.6 Å². The number of carbonyl (C=O) groups excluding carboxylic acids is 2. The molecule has 0 fully saturated rings. The highest BCUT2D eigenvalue weighted by Gasteiger charge is 2.07. The van der Waals surface area contributed by atoms with Gasteiger partial charge in [0.05, 0.1) is 7.11 Å². The van der Waals surface area contributed by atoms with Crippen LogP contribution in [0.2, 0.25) is 5.02 Å². The van der Waals surface area contributed by atoms with Gasteiger partial charge in [-0.2, -0.15) is 0 Å². The van der Waals surface area contributed by atoms with Crippen molar-refractivity contribution in [1.82, 2.24) is 0 Å². The third kappa shape index (κ3) is 5.97. The molecule has 0 aliphatic carbocycles. The molecule has 2 rings (SSSR count). The minimum Gasteiger partial charge on any atom is -0.497 e. The monoisotopic (exact) mass is 359 g/mol. The normalized spacial score (nSPS) is 10.5. The van der Waals surface area contributed by atoms with E-state index in [4.69, 9.17) is 21.1 Å². The second-order valence-electron chi connectivity index (χ2n) is 5.23. The van der Waals surface area contributed by atoms with Gasteiger partial charge in [-0.15, -0.1) is 0 Å². The van der Waals surface area contributed by atoms with E-state index in [1.807, 2.05) is 19.1 Å². The van der Waals surface area contributed by atoms with Crippen molar-refractivity contribution in [1.29, 1.82) is 0 Å². The first kappa shape index (κ1) is 18.5. The molecule has 0 saturated carbocycles. The van der Waals surface area contributed by atoms with Gasteiger partial charge in [0, 0.05) is 16.8 Å². The van der Waals surface area contributed by atoms with Gasteiger partial charge in [0.2, 0.25) is 0 Å². The Morgan fingerprint density at radius 1 is 1.20 bits per heavy atom. The molecule has 0 aromatic heterocycles. The quantitative estimate of drug-likeness (QED) is 0.628. The van der Waals surface area contributed by atoms with E-state index < -0.39 is 11.9 Å².